The van der Waals surface area contributed by atoms with Crippen LogP contribution in [0, 0.1) is 0 Å². The second-order valence-corrected chi connectivity index (χ2v) is 3.53. The van der Waals surface area contributed by atoms with E-state index in [0.29, 0.717) is 13.0 Å². The van der Waals surface area contributed by atoms with E-state index in [1.54, 1.807) is 7.11 Å². The van der Waals surface area contributed by atoms with Gasteiger partial charge in [-0.3, -0.25) is 4.90 Å². The van der Waals surface area contributed by atoms with Gasteiger partial charge in [0.05, 0.1) is 12.1 Å². The topological polar surface area (TPSA) is 12.5 Å². The van der Waals surface area contributed by atoms with Crippen molar-refractivity contribution >= 4 is 0 Å². The molecular weight excluding hydrogens is 145 g/mol. The Balaban J connectivity index is 2.08. The number of alkyl halides is 1. The fraction of sp³-hybridized carbons (Fsp3) is 1.00. The molecule has 3 heteroatoms. The smallest absolute Gasteiger partial charge is 0.122 e. The third kappa shape index (κ3) is 0.842. The maximum Gasteiger partial charge on any atom is 0.122 e. The Morgan fingerprint density at radius 2 is 2.45 bits per heavy atom. The van der Waals surface area contributed by atoms with Gasteiger partial charge in [0, 0.05) is 20.2 Å². The van der Waals surface area contributed by atoms with Crippen LogP contribution in [0.4, 0.5) is 4.39 Å². The zero-order valence-corrected chi connectivity index (χ0v) is 6.85. The van der Waals surface area contributed by atoms with E-state index in [0.717, 1.165) is 19.5 Å². The minimum atomic E-state index is -0.656. The van der Waals surface area contributed by atoms with E-state index in [4.69, 9.17) is 4.74 Å². The van der Waals surface area contributed by atoms with E-state index in [-0.39, 0.29) is 5.54 Å². The Hall–Kier alpha value is -0.150. The van der Waals surface area contributed by atoms with Crippen molar-refractivity contribution in [1.82, 2.24) is 4.90 Å². The molecule has 0 unspecified atom stereocenters. The minimum absolute atomic E-state index is 0.214. The highest BCUT2D eigenvalue weighted by Crippen LogP contribution is 2.42. The van der Waals surface area contributed by atoms with Gasteiger partial charge in [0.15, 0.2) is 0 Å². The Morgan fingerprint density at radius 1 is 1.64 bits per heavy atom. The van der Waals surface area contributed by atoms with Gasteiger partial charge in [-0.1, -0.05) is 0 Å². The number of ether oxygens (including phenoxy) is 1. The fourth-order valence-corrected chi connectivity index (χ4v) is 2.29. The lowest BCUT2D eigenvalue weighted by atomic mass is 9.84. The van der Waals surface area contributed by atoms with Crippen molar-refractivity contribution in [3.63, 3.8) is 0 Å². The molecule has 0 radical (unpaired) electrons. The summed E-state index contributed by atoms with van der Waals surface area (Å²) in [4.78, 5) is 2.21. The summed E-state index contributed by atoms with van der Waals surface area (Å²) in [6.07, 6.45) is 1.02. The van der Waals surface area contributed by atoms with Crippen LogP contribution < -0.4 is 0 Å². The van der Waals surface area contributed by atoms with Crippen LogP contribution in [0.1, 0.15) is 12.8 Å². The van der Waals surface area contributed by atoms with Gasteiger partial charge < -0.3 is 4.74 Å². The van der Waals surface area contributed by atoms with Gasteiger partial charge >= 0.3 is 0 Å². The first-order chi connectivity index (χ1) is 5.29. The van der Waals surface area contributed by atoms with Crippen LogP contribution in [0.15, 0.2) is 0 Å². The summed E-state index contributed by atoms with van der Waals surface area (Å²) in [5.74, 6) is 0. The van der Waals surface area contributed by atoms with Crippen molar-refractivity contribution in [2.75, 3.05) is 26.8 Å². The molecule has 0 N–H and O–H groups in total. The van der Waals surface area contributed by atoms with E-state index < -0.39 is 6.17 Å². The molecule has 0 amide bonds. The van der Waals surface area contributed by atoms with Gasteiger partial charge in [-0.25, -0.2) is 4.39 Å². The standard InChI is InChI=1S/C8H14FNO/c1-11-6-8-3-5-10(8)4-2-7(8)9/h7H,2-6H2,1H3/t7-,8-/m0/s1. The SMILES string of the molecule is COC[C@]12CCN1CC[C@@H]2F. The Morgan fingerprint density at radius 3 is 2.91 bits per heavy atom. The molecule has 0 aromatic carbocycles. The maximum absolute atomic E-state index is 13.3. The Bertz CT molecular complexity index is 156. The average Bonchev–Trinajstić information content (AvgIpc) is 2.14. The zero-order chi connectivity index (χ0) is 7.90. The molecule has 2 fully saturated rings. The predicted molar refractivity (Wildman–Crippen MR) is 40.3 cm³/mol. The van der Waals surface area contributed by atoms with Gasteiger partial charge in [0.25, 0.3) is 0 Å². The molecule has 0 aromatic rings. The van der Waals surface area contributed by atoms with E-state index in [2.05, 4.69) is 4.90 Å². The second kappa shape index (κ2) is 2.42. The lowest BCUT2D eigenvalue weighted by Gasteiger charge is -2.48. The van der Waals surface area contributed by atoms with Crippen LogP contribution in [0.25, 0.3) is 0 Å². The van der Waals surface area contributed by atoms with Crippen LogP contribution in [0.3, 0.4) is 0 Å². The molecule has 2 aliphatic heterocycles. The van der Waals surface area contributed by atoms with E-state index in [1.807, 2.05) is 0 Å². The molecule has 2 nitrogen and oxygen atoms in total. The summed E-state index contributed by atoms with van der Waals surface area (Å²) in [6.45, 7) is 2.54. The minimum Gasteiger partial charge on any atom is -0.383 e. The third-order valence-electron chi connectivity index (χ3n) is 3.07. The summed E-state index contributed by atoms with van der Waals surface area (Å²) in [7, 11) is 1.65. The molecular formula is C8H14FNO. The first-order valence-corrected chi connectivity index (χ1v) is 4.18. The number of methoxy groups -OCH3 is 1. The average molecular weight is 159 g/mol. The lowest BCUT2D eigenvalue weighted by Crippen LogP contribution is -2.62. The predicted octanol–water partition coefficient (Wildman–Crippen LogP) is 0.819. The third-order valence-corrected chi connectivity index (χ3v) is 3.07. The van der Waals surface area contributed by atoms with Crippen LogP contribution >= 0.6 is 0 Å². The molecule has 2 rings (SSSR count). The molecule has 11 heavy (non-hydrogen) atoms. The lowest BCUT2D eigenvalue weighted by molar-refractivity contribution is -0.0659. The molecule has 0 bridgehead atoms. The van der Waals surface area contributed by atoms with Crippen LogP contribution in [-0.2, 0) is 4.74 Å². The van der Waals surface area contributed by atoms with Crippen LogP contribution in [0.2, 0.25) is 0 Å². The first-order valence-electron chi connectivity index (χ1n) is 4.18. The quantitative estimate of drug-likeness (QED) is 0.591. The van der Waals surface area contributed by atoms with Crippen molar-refractivity contribution in [2.45, 2.75) is 24.6 Å². The van der Waals surface area contributed by atoms with E-state index in [9.17, 15) is 4.39 Å². The Kier molecular flexibility index (Phi) is 1.65. The first kappa shape index (κ1) is 7.50. The Labute approximate surface area is 66.3 Å². The van der Waals surface area contributed by atoms with Crippen LogP contribution in [0.5, 0.6) is 0 Å². The van der Waals surface area contributed by atoms with Crippen molar-refractivity contribution in [3.05, 3.63) is 0 Å². The monoisotopic (exact) mass is 159 g/mol. The summed E-state index contributed by atoms with van der Waals surface area (Å²) >= 11 is 0. The second-order valence-electron chi connectivity index (χ2n) is 3.53. The maximum atomic E-state index is 13.3. The summed E-state index contributed by atoms with van der Waals surface area (Å²) < 4.78 is 18.4. The summed E-state index contributed by atoms with van der Waals surface area (Å²) in [6, 6.07) is 0. The highest BCUT2D eigenvalue weighted by molar-refractivity contribution is 5.09. The van der Waals surface area contributed by atoms with Gasteiger partial charge in [0.2, 0.25) is 0 Å². The van der Waals surface area contributed by atoms with Gasteiger partial charge in [-0.05, 0) is 12.8 Å². The highest BCUT2D eigenvalue weighted by atomic mass is 19.1. The molecule has 0 aromatic heterocycles. The number of nitrogens with zero attached hydrogens (tertiary/aromatic N) is 1. The molecule has 2 aliphatic rings. The number of hydrogen-bond acceptors (Lipinski definition) is 2. The molecule has 0 saturated carbocycles. The van der Waals surface area contributed by atoms with Gasteiger partial charge in [-0.15, -0.1) is 0 Å². The van der Waals surface area contributed by atoms with Crippen molar-refractivity contribution in [3.8, 4) is 0 Å². The summed E-state index contributed by atoms with van der Waals surface area (Å²) in [5, 5.41) is 0. The summed E-state index contributed by atoms with van der Waals surface area (Å²) in [5.41, 5.74) is -0.214. The zero-order valence-electron chi connectivity index (χ0n) is 6.85. The van der Waals surface area contributed by atoms with Crippen molar-refractivity contribution in [2.24, 2.45) is 0 Å². The molecule has 2 atom stereocenters. The number of hydrogen-bond donors (Lipinski definition) is 0. The van der Waals surface area contributed by atoms with Crippen molar-refractivity contribution < 1.29 is 9.13 Å². The normalized spacial score (nSPS) is 43.6. The molecule has 0 spiro atoms. The van der Waals surface area contributed by atoms with Gasteiger partial charge in [0.1, 0.15) is 6.17 Å². The molecule has 64 valence electrons. The molecule has 2 heterocycles. The van der Waals surface area contributed by atoms with Crippen LogP contribution in [-0.4, -0.2) is 43.4 Å². The highest BCUT2D eigenvalue weighted by Gasteiger charge is 2.55. The van der Waals surface area contributed by atoms with E-state index >= 15 is 0 Å². The van der Waals surface area contributed by atoms with E-state index in [1.165, 1.54) is 0 Å². The number of fused-ring (bicyclic) bond motifs is 1. The number of halogens is 1. The molecule has 0 aliphatic carbocycles. The van der Waals surface area contributed by atoms with Crippen molar-refractivity contribution in [1.29, 1.82) is 0 Å². The van der Waals surface area contributed by atoms with Gasteiger partial charge in [-0.2, -0.15) is 0 Å². The fourth-order valence-electron chi connectivity index (χ4n) is 2.29. The number of rotatable bonds is 2. The largest absolute Gasteiger partial charge is 0.383 e. The molecule has 2 saturated heterocycles.